The summed E-state index contributed by atoms with van der Waals surface area (Å²) in [5.41, 5.74) is 0.865. The molecule has 1 heterocycles. The van der Waals surface area contributed by atoms with E-state index >= 15 is 0 Å². The molecule has 0 bridgehead atoms. The lowest BCUT2D eigenvalue weighted by Gasteiger charge is -2.36. The lowest BCUT2D eigenvalue weighted by atomic mass is 9.75. The van der Waals surface area contributed by atoms with Crippen LogP contribution < -0.4 is 9.47 Å². The van der Waals surface area contributed by atoms with E-state index in [-0.39, 0.29) is 24.4 Å². The van der Waals surface area contributed by atoms with Crippen molar-refractivity contribution in [2.75, 3.05) is 12.4 Å². The number of aromatic nitrogens is 3. The van der Waals surface area contributed by atoms with Gasteiger partial charge in [-0.15, -0.1) is 10.2 Å². The predicted octanol–water partition coefficient (Wildman–Crippen LogP) is 7.10. The average Bonchev–Trinajstić information content (AvgIpc) is 3.30. The first-order valence-corrected chi connectivity index (χ1v) is 15.0. The van der Waals surface area contributed by atoms with Crippen LogP contribution in [0.15, 0.2) is 58.2 Å². The number of hydrogen-bond acceptors (Lipinski definition) is 7. The Labute approximate surface area is 237 Å². The number of halogens is 1. The van der Waals surface area contributed by atoms with Gasteiger partial charge in [0.25, 0.3) is 0 Å². The maximum absolute atomic E-state index is 12.9. The molecule has 204 valence electrons. The molecule has 38 heavy (non-hydrogen) atoms. The van der Waals surface area contributed by atoms with E-state index in [1.807, 2.05) is 60.0 Å². The van der Waals surface area contributed by atoms with Crippen molar-refractivity contribution < 1.29 is 19.0 Å². The molecule has 0 amide bonds. The molecule has 3 aromatic rings. The second-order valence-corrected chi connectivity index (χ2v) is 11.9. The minimum Gasteiger partial charge on any atom is -0.494 e. The molecule has 1 aromatic heterocycles. The number of thioether (sulfide) groups is 1. The van der Waals surface area contributed by atoms with E-state index in [4.69, 9.17) is 14.2 Å². The minimum absolute atomic E-state index is 0.0225. The molecule has 1 saturated carbocycles. The maximum atomic E-state index is 12.9. The largest absolute Gasteiger partial charge is 0.494 e. The molecule has 4 rings (SSSR count). The van der Waals surface area contributed by atoms with Crippen LogP contribution in [0.25, 0.3) is 5.69 Å². The minimum atomic E-state index is -0.214. The molecule has 0 spiro atoms. The van der Waals surface area contributed by atoms with Crippen molar-refractivity contribution in [1.82, 2.24) is 14.8 Å². The molecule has 7 nitrogen and oxygen atoms in total. The average molecular weight is 603 g/mol. The Bertz CT molecular complexity index is 1180. The highest BCUT2D eigenvalue weighted by molar-refractivity contribution is 9.10. The zero-order chi connectivity index (χ0) is 27.1. The number of nitrogens with zero attached hydrogens (tertiary/aromatic N) is 3. The van der Waals surface area contributed by atoms with Crippen LogP contribution in [0.5, 0.6) is 11.5 Å². The van der Waals surface area contributed by atoms with Gasteiger partial charge < -0.3 is 14.2 Å². The standard InChI is InChI=1S/C29H36BrN3O4S/c1-5-35-23-13-9-22(10-14-23)33-27(17-36-24-11-7-21(30)8-12-24)31-32-29(33)38-18-28(34)37-26-16-20(4)6-15-25(26)19(2)3/h7-14,19-20,25-26H,5-6,15-18H2,1-4H3/t20-,25-,26-/m1/s1. The van der Waals surface area contributed by atoms with Gasteiger partial charge in [-0.3, -0.25) is 9.36 Å². The third kappa shape index (κ3) is 7.53. The lowest BCUT2D eigenvalue weighted by Crippen LogP contribution is -2.36. The smallest absolute Gasteiger partial charge is 0.316 e. The highest BCUT2D eigenvalue weighted by Crippen LogP contribution is 2.35. The van der Waals surface area contributed by atoms with Crippen molar-refractivity contribution in [2.24, 2.45) is 17.8 Å². The zero-order valence-electron chi connectivity index (χ0n) is 22.4. The van der Waals surface area contributed by atoms with Gasteiger partial charge in [0, 0.05) is 10.2 Å². The first-order valence-electron chi connectivity index (χ1n) is 13.2. The highest BCUT2D eigenvalue weighted by Gasteiger charge is 2.33. The molecule has 2 aromatic carbocycles. The van der Waals surface area contributed by atoms with Gasteiger partial charge >= 0.3 is 5.97 Å². The molecule has 1 aliphatic carbocycles. The van der Waals surface area contributed by atoms with Crippen LogP contribution in [0, 0.1) is 17.8 Å². The summed E-state index contributed by atoms with van der Waals surface area (Å²) in [6.45, 7) is 9.45. The van der Waals surface area contributed by atoms with Gasteiger partial charge in [0.1, 0.15) is 24.2 Å². The quantitative estimate of drug-likeness (QED) is 0.171. The third-order valence-corrected chi connectivity index (χ3v) is 8.28. The number of esters is 1. The Morgan fingerprint density at radius 2 is 1.74 bits per heavy atom. The molecule has 1 fully saturated rings. The topological polar surface area (TPSA) is 75.5 Å². The van der Waals surface area contributed by atoms with Crippen LogP contribution >= 0.6 is 27.7 Å². The van der Waals surface area contributed by atoms with Crippen molar-refractivity contribution in [3.8, 4) is 17.2 Å². The summed E-state index contributed by atoms with van der Waals surface area (Å²) >= 11 is 4.77. The maximum Gasteiger partial charge on any atom is 0.316 e. The second kappa shape index (κ2) is 13.5. The Hall–Kier alpha value is -2.52. The van der Waals surface area contributed by atoms with Gasteiger partial charge in [0.05, 0.1) is 12.4 Å². The van der Waals surface area contributed by atoms with Crippen LogP contribution in [0.3, 0.4) is 0 Å². The monoisotopic (exact) mass is 601 g/mol. The van der Waals surface area contributed by atoms with Crippen molar-refractivity contribution in [2.45, 2.75) is 64.8 Å². The number of ether oxygens (including phenoxy) is 3. The molecule has 0 aliphatic heterocycles. The van der Waals surface area contributed by atoms with Gasteiger partial charge in [0.15, 0.2) is 11.0 Å². The van der Waals surface area contributed by atoms with E-state index in [9.17, 15) is 4.79 Å². The first kappa shape index (κ1) is 28.5. The molecule has 0 radical (unpaired) electrons. The van der Waals surface area contributed by atoms with E-state index in [2.05, 4.69) is 46.9 Å². The number of rotatable bonds is 11. The Balaban J connectivity index is 1.49. The van der Waals surface area contributed by atoms with E-state index in [1.165, 1.54) is 18.2 Å². The predicted molar refractivity (Wildman–Crippen MR) is 153 cm³/mol. The molecule has 1 aliphatic rings. The van der Waals surface area contributed by atoms with Gasteiger partial charge in [-0.05, 0) is 86.1 Å². The number of benzene rings is 2. The SMILES string of the molecule is CCOc1ccc(-n2c(COc3ccc(Br)cc3)nnc2SCC(=O)O[C@@H]2C[C@H](C)CC[C@@H]2C(C)C)cc1. The fourth-order valence-corrected chi connectivity index (χ4v) is 5.88. The van der Waals surface area contributed by atoms with Crippen LogP contribution in [0.1, 0.15) is 52.8 Å². The fourth-order valence-electron chi connectivity index (χ4n) is 4.86. The van der Waals surface area contributed by atoms with E-state index in [0.29, 0.717) is 35.3 Å². The van der Waals surface area contributed by atoms with Crippen molar-refractivity contribution in [1.29, 1.82) is 0 Å². The molecular weight excluding hydrogens is 566 g/mol. The molecule has 0 unspecified atom stereocenters. The molecule has 3 atom stereocenters. The molecule has 0 saturated heterocycles. The highest BCUT2D eigenvalue weighted by atomic mass is 79.9. The normalized spacial score (nSPS) is 19.4. The van der Waals surface area contributed by atoms with Gasteiger partial charge in [-0.1, -0.05) is 54.9 Å². The Morgan fingerprint density at radius 1 is 1.05 bits per heavy atom. The van der Waals surface area contributed by atoms with Crippen molar-refractivity contribution in [3.05, 3.63) is 58.8 Å². The van der Waals surface area contributed by atoms with Crippen molar-refractivity contribution in [3.63, 3.8) is 0 Å². The molecular formula is C29H36BrN3O4S. The van der Waals surface area contributed by atoms with Crippen LogP contribution in [-0.4, -0.2) is 39.2 Å². The van der Waals surface area contributed by atoms with Crippen LogP contribution in [-0.2, 0) is 16.1 Å². The third-order valence-electron chi connectivity index (χ3n) is 6.85. The number of hydrogen-bond donors (Lipinski definition) is 0. The summed E-state index contributed by atoms with van der Waals surface area (Å²) in [7, 11) is 0. The molecule has 9 heteroatoms. The first-order chi connectivity index (χ1) is 18.3. The van der Waals surface area contributed by atoms with Crippen molar-refractivity contribution >= 4 is 33.7 Å². The number of carbonyl (C=O) groups excluding carboxylic acids is 1. The number of carbonyl (C=O) groups is 1. The van der Waals surface area contributed by atoms with Gasteiger partial charge in [-0.2, -0.15) is 0 Å². The van der Waals surface area contributed by atoms with E-state index in [1.54, 1.807) is 0 Å². The van der Waals surface area contributed by atoms with E-state index < -0.39 is 0 Å². The second-order valence-electron chi connectivity index (χ2n) is 10.0. The van der Waals surface area contributed by atoms with Crippen LogP contribution in [0.4, 0.5) is 0 Å². The summed E-state index contributed by atoms with van der Waals surface area (Å²) < 4.78 is 20.5. The van der Waals surface area contributed by atoms with Gasteiger partial charge in [0.2, 0.25) is 0 Å². The summed E-state index contributed by atoms with van der Waals surface area (Å²) in [5, 5.41) is 9.41. The lowest BCUT2D eigenvalue weighted by molar-refractivity contribution is -0.152. The summed E-state index contributed by atoms with van der Waals surface area (Å²) in [4.78, 5) is 12.9. The van der Waals surface area contributed by atoms with Crippen LogP contribution in [0.2, 0.25) is 0 Å². The molecule has 0 N–H and O–H groups in total. The summed E-state index contributed by atoms with van der Waals surface area (Å²) in [6.07, 6.45) is 3.21. The summed E-state index contributed by atoms with van der Waals surface area (Å²) in [6, 6.07) is 15.4. The van der Waals surface area contributed by atoms with E-state index in [0.717, 1.165) is 34.5 Å². The zero-order valence-corrected chi connectivity index (χ0v) is 24.8. The summed E-state index contributed by atoms with van der Waals surface area (Å²) in [5.74, 6) is 3.58. The van der Waals surface area contributed by atoms with Gasteiger partial charge in [-0.25, -0.2) is 0 Å². The fraction of sp³-hybridized carbons (Fsp3) is 0.483. The Morgan fingerprint density at radius 3 is 2.42 bits per heavy atom. The Kier molecular flexibility index (Phi) is 10.1.